The first-order chi connectivity index (χ1) is 16.0. The summed E-state index contributed by atoms with van der Waals surface area (Å²) < 4.78 is 11.2. The number of carbonyl (C=O) groups is 1. The molecule has 0 radical (unpaired) electrons. The third-order valence-corrected chi connectivity index (χ3v) is 9.03. The van der Waals surface area contributed by atoms with Crippen LogP contribution in [-0.4, -0.2) is 31.6 Å². The lowest BCUT2D eigenvalue weighted by Gasteiger charge is -2.57. The molecule has 0 aromatic heterocycles. The highest BCUT2D eigenvalue weighted by Gasteiger charge is 2.56. The van der Waals surface area contributed by atoms with E-state index in [1.54, 1.807) is 14.2 Å². The molecule has 0 unspecified atom stereocenters. The van der Waals surface area contributed by atoms with Gasteiger partial charge in [0.05, 0.1) is 25.7 Å². The molecule has 4 fully saturated rings. The van der Waals surface area contributed by atoms with Crippen molar-refractivity contribution in [2.24, 2.45) is 23.2 Å². The van der Waals surface area contributed by atoms with E-state index in [0.29, 0.717) is 16.7 Å². The lowest BCUT2D eigenvalue weighted by Crippen LogP contribution is -2.56. The van der Waals surface area contributed by atoms with Gasteiger partial charge in [0.2, 0.25) is 5.91 Å². The zero-order valence-electron chi connectivity index (χ0n) is 19.5. The van der Waals surface area contributed by atoms with Gasteiger partial charge >= 0.3 is 0 Å². The number of fused-ring (bicyclic) bond motifs is 1. The number of hydrogen-bond donors (Lipinski definition) is 0. The number of amides is 1. The van der Waals surface area contributed by atoms with Crippen LogP contribution in [0, 0.1) is 23.2 Å². The van der Waals surface area contributed by atoms with E-state index in [2.05, 4.69) is 23.1 Å². The molecule has 1 aliphatic heterocycles. The van der Waals surface area contributed by atoms with Crippen molar-refractivity contribution in [3.63, 3.8) is 0 Å². The normalized spacial score (nSPS) is 31.9. The molecule has 174 valence electrons. The van der Waals surface area contributed by atoms with E-state index >= 15 is 0 Å². The highest BCUT2D eigenvalue weighted by molar-refractivity contribution is 6.30. The smallest absolute Gasteiger partial charge is 0.229 e. The van der Waals surface area contributed by atoms with E-state index in [4.69, 9.17) is 21.1 Å². The number of benzene rings is 2. The molecule has 4 aliphatic carbocycles. The van der Waals surface area contributed by atoms with E-state index < -0.39 is 0 Å². The molecule has 4 bridgehead atoms. The summed E-state index contributed by atoms with van der Waals surface area (Å²) in [6, 6.07) is 12.0. The zero-order valence-corrected chi connectivity index (χ0v) is 20.2. The Morgan fingerprint density at radius 1 is 0.970 bits per heavy atom. The van der Waals surface area contributed by atoms with Crippen molar-refractivity contribution < 1.29 is 14.3 Å². The Labute approximate surface area is 201 Å². The van der Waals surface area contributed by atoms with Gasteiger partial charge in [-0.25, -0.2) is 0 Å². The summed E-state index contributed by atoms with van der Waals surface area (Å²) >= 11 is 6.43. The van der Waals surface area contributed by atoms with Gasteiger partial charge in [-0.05, 0) is 104 Å². The molecule has 0 spiro atoms. The lowest BCUT2D eigenvalue weighted by atomic mass is 9.49. The average Bonchev–Trinajstić information content (AvgIpc) is 2.81. The number of ether oxygens (including phenoxy) is 2. The van der Waals surface area contributed by atoms with Gasteiger partial charge in [-0.1, -0.05) is 23.7 Å². The van der Waals surface area contributed by atoms with Crippen molar-refractivity contribution in [3.05, 3.63) is 58.1 Å². The number of halogens is 1. The van der Waals surface area contributed by atoms with Crippen LogP contribution in [0.1, 0.15) is 61.3 Å². The van der Waals surface area contributed by atoms with Crippen molar-refractivity contribution in [1.29, 1.82) is 0 Å². The summed E-state index contributed by atoms with van der Waals surface area (Å²) in [4.78, 5) is 16.6. The predicted octanol–water partition coefficient (Wildman–Crippen LogP) is 6.05. The highest BCUT2D eigenvalue weighted by atomic mass is 35.5. The molecule has 7 rings (SSSR count). The van der Waals surface area contributed by atoms with Gasteiger partial charge < -0.3 is 14.4 Å². The van der Waals surface area contributed by atoms with Crippen LogP contribution in [0.15, 0.2) is 36.4 Å². The van der Waals surface area contributed by atoms with Gasteiger partial charge in [0.1, 0.15) is 0 Å². The Kier molecular flexibility index (Phi) is 5.13. The maximum absolute atomic E-state index is 14.4. The predicted molar refractivity (Wildman–Crippen MR) is 129 cm³/mol. The SMILES string of the molecule is COc1cc2c(cc1OC)[C@@H](c1cccc(Cl)c1)N(C(=O)C13CC4CC(CC(C4)C1)C3)CC2. The van der Waals surface area contributed by atoms with Gasteiger partial charge in [-0.3, -0.25) is 4.79 Å². The monoisotopic (exact) mass is 465 g/mol. The van der Waals surface area contributed by atoms with Crippen molar-refractivity contribution >= 4 is 17.5 Å². The first-order valence-corrected chi connectivity index (χ1v) is 12.7. The minimum Gasteiger partial charge on any atom is -0.493 e. The van der Waals surface area contributed by atoms with E-state index in [9.17, 15) is 4.79 Å². The molecule has 2 aromatic rings. The fourth-order valence-electron chi connectivity index (χ4n) is 7.88. The number of rotatable bonds is 4. The maximum atomic E-state index is 14.4. The standard InChI is InChI=1S/C28H32ClNO3/c1-32-24-12-20-6-7-30(27(31)28-14-17-8-18(15-28)10-19(9-17)16-28)26(23(20)13-25(24)33-2)21-4-3-5-22(29)11-21/h3-5,11-13,17-19,26H,6-10,14-16H2,1-2H3/t17?,18?,19?,26-,28?/m1/s1. The second-order valence-electron chi connectivity index (χ2n) is 10.8. The van der Waals surface area contributed by atoms with E-state index in [1.807, 2.05) is 18.2 Å². The van der Waals surface area contributed by atoms with Gasteiger partial charge in [0.25, 0.3) is 0 Å². The lowest BCUT2D eigenvalue weighted by molar-refractivity contribution is -0.159. The van der Waals surface area contributed by atoms with E-state index in [1.165, 1.54) is 24.8 Å². The Morgan fingerprint density at radius 2 is 1.61 bits per heavy atom. The van der Waals surface area contributed by atoms with Gasteiger partial charge in [0, 0.05) is 11.6 Å². The third kappa shape index (κ3) is 3.44. The quantitative estimate of drug-likeness (QED) is 0.551. The molecule has 4 saturated carbocycles. The molecule has 5 aliphatic rings. The molecule has 5 heteroatoms. The molecule has 0 saturated heterocycles. The van der Waals surface area contributed by atoms with Crippen molar-refractivity contribution in [3.8, 4) is 11.5 Å². The molecular formula is C28H32ClNO3. The van der Waals surface area contributed by atoms with Gasteiger partial charge in [-0.2, -0.15) is 0 Å². The topological polar surface area (TPSA) is 38.8 Å². The molecule has 2 aromatic carbocycles. The first kappa shape index (κ1) is 21.3. The van der Waals surface area contributed by atoms with Crippen LogP contribution in [0.3, 0.4) is 0 Å². The molecule has 1 atom stereocenters. The van der Waals surface area contributed by atoms with Crippen molar-refractivity contribution in [1.82, 2.24) is 4.90 Å². The van der Waals surface area contributed by atoms with Crippen molar-refractivity contribution in [2.45, 2.75) is 51.0 Å². The maximum Gasteiger partial charge on any atom is 0.229 e. The van der Waals surface area contributed by atoms with Crippen LogP contribution in [-0.2, 0) is 11.2 Å². The highest BCUT2D eigenvalue weighted by Crippen LogP contribution is 2.61. The summed E-state index contributed by atoms with van der Waals surface area (Å²) in [5, 5.41) is 0.697. The summed E-state index contributed by atoms with van der Waals surface area (Å²) in [5.41, 5.74) is 3.24. The zero-order chi connectivity index (χ0) is 22.7. The summed E-state index contributed by atoms with van der Waals surface area (Å²) in [6.45, 7) is 0.722. The third-order valence-electron chi connectivity index (χ3n) is 8.79. The summed E-state index contributed by atoms with van der Waals surface area (Å²) in [5.74, 6) is 4.03. The first-order valence-electron chi connectivity index (χ1n) is 12.3. The second-order valence-corrected chi connectivity index (χ2v) is 11.2. The molecular weight excluding hydrogens is 434 g/mol. The Bertz CT molecular complexity index is 1060. The van der Waals surface area contributed by atoms with E-state index in [0.717, 1.165) is 66.9 Å². The van der Waals surface area contributed by atoms with E-state index in [-0.39, 0.29) is 11.5 Å². The average molecular weight is 466 g/mol. The van der Waals surface area contributed by atoms with Crippen LogP contribution < -0.4 is 9.47 Å². The Balaban J connectivity index is 1.45. The second kappa shape index (κ2) is 7.94. The van der Waals surface area contributed by atoms with Crippen LogP contribution in [0.25, 0.3) is 0 Å². The fourth-order valence-corrected chi connectivity index (χ4v) is 8.08. The number of carbonyl (C=O) groups excluding carboxylic acids is 1. The molecule has 33 heavy (non-hydrogen) atoms. The molecule has 1 amide bonds. The Hall–Kier alpha value is -2.20. The minimum absolute atomic E-state index is 0.159. The van der Waals surface area contributed by atoms with Crippen molar-refractivity contribution in [2.75, 3.05) is 20.8 Å². The van der Waals surface area contributed by atoms with Crippen LogP contribution in [0.5, 0.6) is 11.5 Å². The number of hydrogen-bond acceptors (Lipinski definition) is 3. The van der Waals surface area contributed by atoms with Crippen LogP contribution in [0.4, 0.5) is 0 Å². The molecule has 4 nitrogen and oxygen atoms in total. The van der Waals surface area contributed by atoms with Crippen LogP contribution >= 0.6 is 11.6 Å². The minimum atomic E-state index is -0.167. The molecule has 1 heterocycles. The van der Waals surface area contributed by atoms with Crippen LogP contribution in [0.2, 0.25) is 5.02 Å². The number of nitrogens with zero attached hydrogens (tertiary/aromatic N) is 1. The Morgan fingerprint density at radius 3 is 2.21 bits per heavy atom. The summed E-state index contributed by atoms with van der Waals surface area (Å²) in [7, 11) is 3.34. The summed E-state index contributed by atoms with van der Waals surface area (Å²) in [6.07, 6.45) is 8.07. The fraction of sp³-hybridized carbons (Fsp3) is 0.536. The van der Waals surface area contributed by atoms with Gasteiger partial charge in [0.15, 0.2) is 11.5 Å². The van der Waals surface area contributed by atoms with Gasteiger partial charge in [-0.15, -0.1) is 0 Å². The number of methoxy groups -OCH3 is 2. The largest absolute Gasteiger partial charge is 0.493 e. The molecule has 0 N–H and O–H groups in total.